The molecule has 1 N–H and O–H groups in total. The molecule has 5 heteroatoms. The average molecular weight is 300 g/mol. The number of nitrogens with one attached hydrogen (secondary N) is 1. The number of halogens is 1. The van der Waals surface area contributed by atoms with Crippen molar-refractivity contribution in [1.29, 1.82) is 0 Å². The van der Waals surface area contributed by atoms with Crippen LogP contribution in [0.4, 0.5) is 5.82 Å². The number of ether oxygens (including phenoxy) is 1. The summed E-state index contributed by atoms with van der Waals surface area (Å²) in [6.45, 7) is 0.664. The van der Waals surface area contributed by atoms with E-state index in [9.17, 15) is 0 Å². The van der Waals surface area contributed by atoms with E-state index in [1.165, 1.54) is 11.6 Å². The molecule has 0 aliphatic heterocycles. The molecular formula is C16H14ClN3O. The Morgan fingerprint density at radius 2 is 1.90 bits per heavy atom. The van der Waals surface area contributed by atoms with Crippen LogP contribution in [0.1, 0.15) is 5.56 Å². The maximum absolute atomic E-state index is 5.81. The molecule has 0 aliphatic carbocycles. The van der Waals surface area contributed by atoms with E-state index in [-0.39, 0.29) is 0 Å². The van der Waals surface area contributed by atoms with Crippen molar-refractivity contribution in [2.24, 2.45) is 0 Å². The Hall–Kier alpha value is -2.33. The van der Waals surface area contributed by atoms with Crippen LogP contribution in [0.3, 0.4) is 0 Å². The summed E-state index contributed by atoms with van der Waals surface area (Å²) >= 11 is 5.81. The number of fused-ring (bicyclic) bond motifs is 1. The normalized spacial score (nSPS) is 10.6. The lowest BCUT2D eigenvalue weighted by atomic mass is 10.1. The van der Waals surface area contributed by atoms with Gasteiger partial charge in [-0.2, -0.15) is 0 Å². The third-order valence-corrected chi connectivity index (χ3v) is 3.37. The van der Waals surface area contributed by atoms with E-state index in [2.05, 4.69) is 39.6 Å². The summed E-state index contributed by atoms with van der Waals surface area (Å²) < 4.78 is 5.23. The molecule has 4 nitrogen and oxygen atoms in total. The Labute approximate surface area is 127 Å². The number of hydrogen-bond donors (Lipinski definition) is 1. The average Bonchev–Trinajstić information content (AvgIpc) is 2.52. The minimum absolute atomic E-state index is 0.380. The highest BCUT2D eigenvalue weighted by molar-refractivity contribution is 6.29. The van der Waals surface area contributed by atoms with Crippen LogP contribution < -0.4 is 10.1 Å². The summed E-state index contributed by atoms with van der Waals surface area (Å²) in [5.74, 6) is 1.53. The third-order valence-electron chi connectivity index (χ3n) is 3.19. The third kappa shape index (κ3) is 3.23. The van der Waals surface area contributed by atoms with Crippen molar-refractivity contribution >= 4 is 28.2 Å². The second kappa shape index (κ2) is 5.97. The molecule has 106 valence electrons. The highest BCUT2D eigenvalue weighted by Crippen LogP contribution is 2.22. The first-order valence-corrected chi connectivity index (χ1v) is 6.90. The minimum atomic E-state index is 0.380. The van der Waals surface area contributed by atoms with Crippen molar-refractivity contribution in [2.75, 3.05) is 12.4 Å². The Morgan fingerprint density at radius 3 is 2.71 bits per heavy atom. The van der Waals surface area contributed by atoms with E-state index in [1.807, 2.05) is 12.1 Å². The van der Waals surface area contributed by atoms with Crippen LogP contribution >= 0.6 is 11.6 Å². The summed E-state index contributed by atoms with van der Waals surface area (Å²) in [5, 5.41) is 5.91. The van der Waals surface area contributed by atoms with E-state index in [1.54, 1.807) is 13.3 Å². The minimum Gasteiger partial charge on any atom is -0.497 e. The van der Waals surface area contributed by atoms with Crippen molar-refractivity contribution in [2.45, 2.75) is 6.54 Å². The molecule has 1 heterocycles. The molecule has 2 aromatic carbocycles. The molecule has 0 atom stereocenters. The van der Waals surface area contributed by atoms with Crippen LogP contribution in [0.15, 0.2) is 48.8 Å². The van der Waals surface area contributed by atoms with Crippen LogP contribution in [0, 0.1) is 0 Å². The number of benzene rings is 2. The molecule has 0 amide bonds. The number of rotatable bonds is 4. The van der Waals surface area contributed by atoms with Gasteiger partial charge in [0, 0.05) is 6.54 Å². The van der Waals surface area contributed by atoms with Crippen LogP contribution in [-0.2, 0) is 6.54 Å². The summed E-state index contributed by atoms with van der Waals surface area (Å²) in [4.78, 5) is 8.14. The fraction of sp³-hybridized carbons (Fsp3) is 0.125. The first-order valence-electron chi connectivity index (χ1n) is 6.53. The first kappa shape index (κ1) is 13.6. The molecule has 3 aromatic rings. The van der Waals surface area contributed by atoms with Gasteiger partial charge in [0.25, 0.3) is 0 Å². The van der Waals surface area contributed by atoms with Crippen molar-refractivity contribution in [3.05, 3.63) is 59.5 Å². The van der Waals surface area contributed by atoms with Gasteiger partial charge in [0.05, 0.1) is 19.5 Å². The zero-order valence-electron chi connectivity index (χ0n) is 11.5. The lowest BCUT2D eigenvalue weighted by molar-refractivity contribution is 0.415. The number of aromatic nitrogens is 2. The summed E-state index contributed by atoms with van der Waals surface area (Å²) in [6, 6.07) is 12.3. The Kier molecular flexibility index (Phi) is 3.88. The van der Waals surface area contributed by atoms with E-state index >= 15 is 0 Å². The highest BCUT2D eigenvalue weighted by Gasteiger charge is 2.00. The van der Waals surface area contributed by atoms with Crippen LogP contribution in [-0.4, -0.2) is 17.1 Å². The Morgan fingerprint density at radius 1 is 1.10 bits per heavy atom. The molecular weight excluding hydrogens is 286 g/mol. The second-order valence-electron chi connectivity index (χ2n) is 4.63. The molecule has 0 fully saturated rings. The van der Waals surface area contributed by atoms with Gasteiger partial charge < -0.3 is 10.1 Å². The Balaban J connectivity index is 1.78. The van der Waals surface area contributed by atoms with Gasteiger partial charge in [0.2, 0.25) is 0 Å². The number of anilines is 1. The maximum Gasteiger partial charge on any atom is 0.149 e. The topological polar surface area (TPSA) is 47.0 Å². The zero-order valence-corrected chi connectivity index (χ0v) is 12.3. The smallest absolute Gasteiger partial charge is 0.149 e. The Bertz CT molecular complexity index is 776. The van der Waals surface area contributed by atoms with E-state index in [0.717, 1.165) is 16.7 Å². The van der Waals surface area contributed by atoms with Gasteiger partial charge in [-0.05, 0) is 34.5 Å². The molecule has 0 bridgehead atoms. The van der Waals surface area contributed by atoms with Gasteiger partial charge >= 0.3 is 0 Å². The van der Waals surface area contributed by atoms with Crippen LogP contribution in [0.5, 0.6) is 5.75 Å². The molecule has 0 unspecified atom stereocenters. The monoisotopic (exact) mass is 299 g/mol. The molecule has 0 saturated carbocycles. The first-order chi connectivity index (χ1) is 10.2. The molecule has 0 aliphatic rings. The summed E-state index contributed by atoms with van der Waals surface area (Å²) in [5.41, 5.74) is 1.16. The lowest BCUT2D eigenvalue weighted by Gasteiger charge is -2.07. The van der Waals surface area contributed by atoms with E-state index < -0.39 is 0 Å². The van der Waals surface area contributed by atoms with Crippen LogP contribution in [0.2, 0.25) is 5.15 Å². The summed E-state index contributed by atoms with van der Waals surface area (Å²) in [7, 11) is 1.67. The predicted octanol–water partition coefficient (Wildman–Crippen LogP) is 3.90. The largest absolute Gasteiger partial charge is 0.497 e. The number of methoxy groups -OCH3 is 1. The standard InChI is InChI=1S/C16H14ClN3O/c1-21-14-5-4-12-6-11(2-3-13(12)7-14)8-19-16-10-18-9-15(17)20-16/h2-7,9-10H,8H2,1H3,(H,19,20). The summed E-state index contributed by atoms with van der Waals surface area (Å²) in [6.07, 6.45) is 3.16. The number of nitrogens with zero attached hydrogens (tertiary/aromatic N) is 2. The van der Waals surface area contributed by atoms with Crippen molar-refractivity contribution in [1.82, 2.24) is 9.97 Å². The second-order valence-corrected chi connectivity index (χ2v) is 5.02. The zero-order chi connectivity index (χ0) is 14.7. The fourth-order valence-corrected chi connectivity index (χ4v) is 2.28. The van der Waals surface area contributed by atoms with Crippen molar-refractivity contribution < 1.29 is 4.74 Å². The predicted molar refractivity (Wildman–Crippen MR) is 84.9 cm³/mol. The highest BCUT2D eigenvalue weighted by atomic mass is 35.5. The van der Waals surface area contributed by atoms with Crippen molar-refractivity contribution in [3.8, 4) is 5.75 Å². The van der Waals surface area contributed by atoms with Gasteiger partial charge in [-0.15, -0.1) is 0 Å². The quantitative estimate of drug-likeness (QED) is 0.793. The molecule has 0 spiro atoms. The van der Waals surface area contributed by atoms with Crippen LogP contribution in [0.25, 0.3) is 10.8 Å². The number of hydrogen-bond acceptors (Lipinski definition) is 4. The van der Waals surface area contributed by atoms with Gasteiger partial charge in [-0.25, -0.2) is 4.98 Å². The molecule has 1 aromatic heterocycles. The fourth-order valence-electron chi connectivity index (χ4n) is 2.13. The maximum atomic E-state index is 5.81. The molecule has 21 heavy (non-hydrogen) atoms. The van der Waals surface area contributed by atoms with E-state index in [0.29, 0.717) is 17.5 Å². The molecule has 3 rings (SSSR count). The van der Waals surface area contributed by atoms with E-state index in [4.69, 9.17) is 16.3 Å². The van der Waals surface area contributed by atoms with Crippen molar-refractivity contribution in [3.63, 3.8) is 0 Å². The van der Waals surface area contributed by atoms with Gasteiger partial charge in [0.1, 0.15) is 16.7 Å². The van der Waals surface area contributed by atoms with Gasteiger partial charge in [-0.1, -0.05) is 29.8 Å². The van der Waals surface area contributed by atoms with Gasteiger partial charge in [-0.3, -0.25) is 4.98 Å². The SMILES string of the molecule is COc1ccc2cc(CNc3cncc(Cl)n3)ccc2c1. The molecule has 0 saturated heterocycles. The molecule has 0 radical (unpaired) electrons. The van der Waals surface area contributed by atoms with Gasteiger partial charge in [0.15, 0.2) is 0 Å². The lowest BCUT2D eigenvalue weighted by Crippen LogP contribution is -2.01.